The normalized spacial score (nSPS) is 14.7. The van der Waals surface area contributed by atoms with E-state index in [1.807, 2.05) is 0 Å². The van der Waals surface area contributed by atoms with Gasteiger partial charge < -0.3 is 10.8 Å². The smallest absolute Gasteiger partial charge is 0.310 e. The number of carbonyl (C=O) groups is 1. The molecular formula is C15H31NO2. The van der Waals surface area contributed by atoms with Crippen molar-refractivity contribution >= 4 is 5.97 Å². The minimum absolute atomic E-state index is 0.259. The maximum atomic E-state index is 11.5. The van der Waals surface area contributed by atoms with Crippen LogP contribution >= 0.6 is 0 Å². The zero-order valence-electron chi connectivity index (χ0n) is 12.4. The highest BCUT2D eigenvalue weighted by atomic mass is 16.4. The fraction of sp³-hybridized carbons (Fsp3) is 0.933. The molecule has 3 N–H and O–H groups in total. The van der Waals surface area contributed by atoms with Gasteiger partial charge in [-0.25, -0.2) is 0 Å². The third-order valence-electron chi connectivity index (χ3n) is 3.65. The molecule has 3 heteroatoms. The van der Waals surface area contributed by atoms with Gasteiger partial charge >= 0.3 is 5.97 Å². The fourth-order valence-electron chi connectivity index (χ4n) is 2.59. The average molecular weight is 257 g/mol. The van der Waals surface area contributed by atoms with Crippen molar-refractivity contribution in [1.29, 1.82) is 0 Å². The van der Waals surface area contributed by atoms with Crippen molar-refractivity contribution in [3.8, 4) is 0 Å². The molecule has 0 radical (unpaired) electrons. The lowest BCUT2D eigenvalue weighted by molar-refractivity contribution is -0.150. The van der Waals surface area contributed by atoms with Crippen LogP contribution in [-0.2, 0) is 4.79 Å². The van der Waals surface area contributed by atoms with E-state index >= 15 is 0 Å². The minimum Gasteiger partial charge on any atom is -0.481 e. The van der Waals surface area contributed by atoms with Crippen LogP contribution in [0.2, 0.25) is 0 Å². The Balaban J connectivity index is 4.12. The summed E-state index contributed by atoms with van der Waals surface area (Å²) >= 11 is 0. The molecule has 1 atom stereocenters. The van der Waals surface area contributed by atoms with Gasteiger partial charge in [-0.15, -0.1) is 0 Å². The summed E-state index contributed by atoms with van der Waals surface area (Å²) in [7, 11) is 0. The van der Waals surface area contributed by atoms with Crippen molar-refractivity contribution in [2.75, 3.05) is 6.54 Å². The van der Waals surface area contributed by atoms with Gasteiger partial charge in [0.1, 0.15) is 0 Å². The predicted octanol–water partition coefficient (Wildman–Crippen LogP) is 3.81. The Kier molecular flexibility index (Phi) is 9.08. The average Bonchev–Trinajstić information content (AvgIpc) is 2.31. The van der Waals surface area contributed by atoms with Crippen LogP contribution in [0.4, 0.5) is 0 Å². The first-order chi connectivity index (χ1) is 8.48. The fourth-order valence-corrected chi connectivity index (χ4v) is 2.59. The minimum atomic E-state index is -0.716. The Morgan fingerprint density at radius 1 is 1.17 bits per heavy atom. The molecule has 0 aromatic carbocycles. The van der Waals surface area contributed by atoms with E-state index in [0.717, 1.165) is 19.3 Å². The van der Waals surface area contributed by atoms with Crippen molar-refractivity contribution in [2.45, 2.75) is 72.1 Å². The van der Waals surface area contributed by atoms with Gasteiger partial charge in [0.2, 0.25) is 0 Å². The Morgan fingerprint density at radius 3 is 2.17 bits per heavy atom. The van der Waals surface area contributed by atoms with Crippen molar-refractivity contribution < 1.29 is 9.90 Å². The summed E-state index contributed by atoms with van der Waals surface area (Å²) in [6.45, 7) is 6.59. The number of carboxylic acid groups (broad SMARTS) is 1. The van der Waals surface area contributed by atoms with Crippen LogP contribution in [0, 0.1) is 11.3 Å². The van der Waals surface area contributed by atoms with Gasteiger partial charge in [-0.3, -0.25) is 4.79 Å². The molecule has 0 aliphatic carbocycles. The molecule has 0 spiro atoms. The molecule has 18 heavy (non-hydrogen) atoms. The molecule has 1 unspecified atom stereocenters. The molecule has 108 valence electrons. The van der Waals surface area contributed by atoms with Gasteiger partial charge in [-0.05, 0) is 18.8 Å². The molecule has 0 heterocycles. The monoisotopic (exact) mass is 257 g/mol. The van der Waals surface area contributed by atoms with Crippen LogP contribution in [0.1, 0.15) is 72.1 Å². The predicted molar refractivity (Wildman–Crippen MR) is 76.6 cm³/mol. The second kappa shape index (κ2) is 9.37. The van der Waals surface area contributed by atoms with E-state index < -0.39 is 11.4 Å². The molecule has 0 fully saturated rings. The van der Waals surface area contributed by atoms with Crippen LogP contribution in [0.5, 0.6) is 0 Å². The Morgan fingerprint density at radius 2 is 1.72 bits per heavy atom. The van der Waals surface area contributed by atoms with Gasteiger partial charge in [-0.2, -0.15) is 0 Å². The number of unbranched alkanes of at least 4 members (excludes halogenated alkanes) is 5. The summed E-state index contributed by atoms with van der Waals surface area (Å²) in [5, 5.41) is 9.43. The lowest BCUT2D eigenvalue weighted by Gasteiger charge is -2.29. The van der Waals surface area contributed by atoms with Crippen molar-refractivity contribution in [3.63, 3.8) is 0 Å². The number of hydrogen-bond donors (Lipinski definition) is 2. The highest BCUT2D eigenvalue weighted by Gasteiger charge is 2.36. The molecule has 0 bridgehead atoms. The van der Waals surface area contributed by atoms with Crippen LogP contribution in [0.3, 0.4) is 0 Å². The van der Waals surface area contributed by atoms with Crippen molar-refractivity contribution in [2.24, 2.45) is 17.1 Å². The molecular weight excluding hydrogens is 226 g/mol. The molecule has 3 nitrogen and oxygen atoms in total. The Labute approximate surface area is 112 Å². The SMILES string of the molecule is CCCCCCCCC(CN)(CC(C)C)C(=O)O. The molecule has 0 rings (SSSR count). The van der Waals surface area contributed by atoms with Crippen LogP contribution < -0.4 is 5.73 Å². The third-order valence-corrected chi connectivity index (χ3v) is 3.65. The van der Waals surface area contributed by atoms with E-state index in [1.54, 1.807) is 0 Å². The molecule has 0 aromatic rings. The maximum Gasteiger partial charge on any atom is 0.310 e. The van der Waals surface area contributed by atoms with E-state index in [0.29, 0.717) is 12.3 Å². The molecule has 0 aromatic heterocycles. The summed E-state index contributed by atoms with van der Waals surface area (Å²) in [5.41, 5.74) is 5.04. The standard InChI is InChI=1S/C15H31NO2/c1-4-5-6-7-8-9-10-15(12-16,14(17)18)11-13(2)3/h13H,4-12,16H2,1-3H3,(H,17,18). The second-order valence-corrected chi connectivity index (χ2v) is 5.91. The molecule has 0 saturated carbocycles. The first-order valence-corrected chi connectivity index (χ1v) is 7.42. The maximum absolute atomic E-state index is 11.5. The number of rotatable bonds is 11. The van der Waals surface area contributed by atoms with Gasteiger partial charge in [0, 0.05) is 6.54 Å². The van der Waals surface area contributed by atoms with E-state index in [2.05, 4.69) is 20.8 Å². The van der Waals surface area contributed by atoms with E-state index in [4.69, 9.17) is 5.73 Å². The second-order valence-electron chi connectivity index (χ2n) is 5.91. The Bertz CT molecular complexity index is 229. The molecule has 0 aliphatic heterocycles. The highest BCUT2D eigenvalue weighted by Crippen LogP contribution is 2.32. The molecule has 0 aliphatic rings. The van der Waals surface area contributed by atoms with Gasteiger partial charge in [0.15, 0.2) is 0 Å². The van der Waals surface area contributed by atoms with E-state index in [9.17, 15) is 9.90 Å². The van der Waals surface area contributed by atoms with E-state index in [1.165, 1.54) is 25.7 Å². The zero-order valence-corrected chi connectivity index (χ0v) is 12.4. The lowest BCUT2D eigenvalue weighted by atomic mass is 9.76. The van der Waals surface area contributed by atoms with Gasteiger partial charge in [0.25, 0.3) is 0 Å². The summed E-state index contributed by atoms with van der Waals surface area (Å²) in [4.78, 5) is 11.5. The largest absolute Gasteiger partial charge is 0.481 e. The van der Waals surface area contributed by atoms with Crippen molar-refractivity contribution in [1.82, 2.24) is 0 Å². The summed E-state index contributed by atoms with van der Waals surface area (Å²) in [5.74, 6) is -0.336. The van der Waals surface area contributed by atoms with Gasteiger partial charge in [0.05, 0.1) is 5.41 Å². The van der Waals surface area contributed by atoms with Crippen LogP contribution in [0.15, 0.2) is 0 Å². The summed E-state index contributed by atoms with van der Waals surface area (Å²) in [6.07, 6.45) is 8.55. The third kappa shape index (κ3) is 6.39. The van der Waals surface area contributed by atoms with Crippen LogP contribution in [0.25, 0.3) is 0 Å². The first-order valence-electron chi connectivity index (χ1n) is 7.42. The number of carboxylic acids is 1. The topological polar surface area (TPSA) is 63.3 Å². The zero-order chi connectivity index (χ0) is 14.0. The number of hydrogen-bond acceptors (Lipinski definition) is 2. The number of aliphatic carboxylic acids is 1. The first kappa shape index (κ1) is 17.4. The quantitative estimate of drug-likeness (QED) is 0.553. The number of nitrogens with two attached hydrogens (primary N) is 1. The summed E-state index contributed by atoms with van der Waals surface area (Å²) < 4.78 is 0. The van der Waals surface area contributed by atoms with Gasteiger partial charge in [-0.1, -0.05) is 59.3 Å². The Hall–Kier alpha value is -0.570. The molecule has 0 saturated heterocycles. The summed E-state index contributed by atoms with van der Waals surface area (Å²) in [6, 6.07) is 0. The molecule has 0 amide bonds. The lowest BCUT2D eigenvalue weighted by Crippen LogP contribution is -2.39. The van der Waals surface area contributed by atoms with E-state index in [-0.39, 0.29) is 6.54 Å². The van der Waals surface area contributed by atoms with Crippen molar-refractivity contribution in [3.05, 3.63) is 0 Å². The highest BCUT2D eigenvalue weighted by molar-refractivity contribution is 5.74. The van der Waals surface area contributed by atoms with Crippen LogP contribution in [-0.4, -0.2) is 17.6 Å².